The van der Waals surface area contributed by atoms with Crippen molar-refractivity contribution in [2.75, 3.05) is 11.9 Å². The Morgan fingerprint density at radius 1 is 1.37 bits per heavy atom. The number of cyclic esters (lactones) is 1. The van der Waals surface area contributed by atoms with Gasteiger partial charge < -0.3 is 9.47 Å². The molecule has 0 bridgehead atoms. The smallest absolute Gasteiger partial charge is 0.310 e. The molecule has 0 unspecified atom stereocenters. The number of thiazole rings is 1. The Hall–Kier alpha value is -2.41. The number of carbonyl (C=O) groups excluding carboxylic acids is 2. The minimum atomic E-state index is -0.727. The number of carbonyl (C=O) groups is 2. The number of benzene rings is 1. The molecule has 1 fully saturated rings. The van der Waals surface area contributed by atoms with E-state index in [0.29, 0.717) is 29.4 Å². The van der Waals surface area contributed by atoms with Gasteiger partial charge in [0.15, 0.2) is 10.7 Å². The van der Waals surface area contributed by atoms with Crippen LogP contribution in [0, 0.1) is 5.92 Å². The Morgan fingerprint density at radius 2 is 2.11 bits per heavy atom. The van der Waals surface area contributed by atoms with Gasteiger partial charge in [0.25, 0.3) is 5.91 Å². The third-order valence-electron chi connectivity index (χ3n) is 4.63. The Bertz CT molecular complexity index is 818. The van der Waals surface area contributed by atoms with Crippen molar-refractivity contribution < 1.29 is 19.1 Å². The average molecular weight is 388 g/mol. The maximum absolute atomic E-state index is 12.4. The molecule has 2 heterocycles. The number of anilines is 1. The predicted octanol–water partition coefficient (Wildman–Crippen LogP) is 4.37. The summed E-state index contributed by atoms with van der Waals surface area (Å²) in [5, 5.41) is 5.13. The zero-order valence-electron chi connectivity index (χ0n) is 15.8. The van der Waals surface area contributed by atoms with Crippen LogP contribution in [0.3, 0.4) is 0 Å². The van der Waals surface area contributed by atoms with E-state index in [9.17, 15) is 9.59 Å². The van der Waals surface area contributed by atoms with Crippen molar-refractivity contribution in [2.24, 2.45) is 5.92 Å². The summed E-state index contributed by atoms with van der Waals surface area (Å²) in [5.41, 5.74) is 0.480. The van der Waals surface area contributed by atoms with E-state index in [1.165, 1.54) is 11.3 Å². The third-order valence-corrected chi connectivity index (χ3v) is 5.38. The lowest BCUT2D eigenvalue weighted by Gasteiger charge is -2.19. The van der Waals surface area contributed by atoms with Gasteiger partial charge in [-0.2, -0.15) is 0 Å². The summed E-state index contributed by atoms with van der Waals surface area (Å²) in [6.45, 7) is 6.43. The highest BCUT2D eigenvalue weighted by molar-refractivity contribution is 7.14. The molecular weight excluding hydrogens is 364 g/mol. The summed E-state index contributed by atoms with van der Waals surface area (Å²) in [6.07, 6.45) is 2.38. The molecule has 1 amide bonds. The summed E-state index contributed by atoms with van der Waals surface area (Å²) in [4.78, 5) is 29.0. The molecule has 1 saturated heterocycles. The first kappa shape index (κ1) is 19.4. The van der Waals surface area contributed by atoms with Crippen molar-refractivity contribution in [1.82, 2.24) is 4.98 Å². The van der Waals surface area contributed by atoms with Gasteiger partial charge in [-0.1, -0.05) is 13.3 Å². The van der Waals surface area contributed by atoms with Gasteiger partial charge in [0.2, 0.25) is 0 Å². The second-order valence-electron chi connectivity index (χ2n) is 6.79. The molecule has 0 aliphatic carbocycles. The molecule has 0 spiro atoms. The molecule has 0 saturated carbocycles. The number of nitrogens with one attached hydrogen (secondary N) is 1. The predicted molar refractivity (Wildman–Crippen MR) is 104 cm³/mol. The molecule has 0 radical (unpaired) electrons. The highest BCUT2D eigenvalue weighted by Gasteiger charge is 2.45. The minimum Gasteiger partial charge on any atom is -0.494 e. The fourth-order valence-corrected chi connectivity index (χ4v) is 4.07. The highest BCUT2D eigenvalue weighted by Crippen LogP contribution is 2.41. The zero-order chi connectivity index (χ0) is 19.4. The largest absolute Gasteiger partial charge is 0.494 e. The molecule has 1 N–H and O–H groups in total. The van der Waals surface area contributed by atoms with Crippen molar-refractivity contribution in [3.63, 3.8) is 0 Å². The molecule has 1 aliphatic rings. The van der Waals surface area contributed by atoms with Crippen molar-refractivity contribution in [3.8, 4) is 5.75 Å². The first-order valence-corrected chi connectivity index (χ1v) is 10.1. The lowest BCUT2D eigenvalue weighted by molar-refractivity contribution is -0.150. The second-order valence-corrected chi connectivity index (χ2v) is 7.65. The maximum Gasteiger partial charge on any atom is 0.310 e. The molecule has 1 aliphatic heterocycles. The maximum atomic E-state index is 12.4. The third kappa shape index (κ3) is 4.30. The summed E-state index contributed by atoms with van der Waals surface area (Å²) < 4.78 is 11.0. The van der Waals surface area contributed by atoms with Crippen LogP contribution in [0.15, 0.2) is 29.6 Å². The van der Waals surface area contributed by atoms with E-state index < -0.39 is 5.60 Å². The minimum absolute atomic E-state index is 0.0800. The van der Waals surface area contributed by atoms with Gasteiger partial charge in [-0.3, -0.25) is 14.9 Å². The van der Waals surface area contributed by atoms with E-state index in [1.807, 2.05) is 19.2 Å². The molecule has 7 heteroatoms. The number of aromatic nitrogens is 1. The number of rotatable bonds is 7. The lowest BCUT2D eigenvalue weighted by atomic mass is 9.91. The van der Waals surface area contributed by atoms with Gasteiger partial charge in [-0.05, 0) is 44.5 Å². The van der Waals surface area contributed by atoms with E-state index in [4.69, 9.17) is 9.47 Å². The Balaban J connectivity index is 1.67. The van der Waals surface area contributed by atoms with Gasteiger partial charge in [0, 0.05) is 17.4 Å². The van der Waals surface area contributed by atoms with Gasteiger partial charge in [0.1, 0.15) is 5.75 Å². The molecular formula is C20H24N2O4S. The second kappa shape index (κ2) is 8.08. The van der Waals surface area contributed by atoms with E-state index >= 15 is 0 Å². The van der Waals surface area contributed by atoms with Gasteiger partial charge >= 0.3 is 5.97 Å². The number of nitrogens with zero attached hydrogens (tertiary/aromatic N) is 1. The van der Waals surface area contributed by atoms with Crippen LogP contribution in [-0.4, -0.2) is 23.5 Å². The lowest BCUT2D eigenvalue weighted by Crippen LogP contribution is -2.21. The first-order chi connectivity index (χ1) is 12.9. The topological polar surface area (TPSA) is 77.5 Å². The van der Waals surface area contributed by atoms with Crippen LogP contribution in [0.5, 0.6) is 5.75 Å². The van der Waals surface area contributed by atoms with E-state index in [1.54, 1.807) is 24.3 Å². The summed E-state index contributed by atoms with van der Waals surface area (Å²) in [7, 11) is 0. The van der Waals surface area contributed by atoms with Crippen LogP contribution in [0.1, 0.15) is 56.1 Å². The molecule has 2 atom stereocenters. The normalized spacial score (nSPS) is 21.7. The van der Waals surface area contributed by atoms with Gasteiger partial charge in [0.05, 0.1) is 18.2 Å². The first-order valence-electron chi connectivity index (χ1n) is 9.18. The molecule has 27 heavy (non-hydrogen) atoms. The zero-order valence-corrected chi connectivity index (χ0v) is 16.6. The van der Waals surface area contributed by atoms with E-state index in [-0.39, 0.29) is 17.8 Å². The van der Waals surface area contributed by atoms with Gasteiger partial charge in [-0.15, -0.1) is 11.3 Å². The molecule has 1 aromatic heterocycles. The standard InChI is InChI=1S/C20H24N2O4S/c1-4-6-14-11-20(3,26-18(14)24)16-12-27-19(21-16)22-17(23)13-7-9-15(10-8-13)25-5-2/h7-10,12,14H,4-6,11H2,1-3H3,(H,21,22,23)/t14-,20+/m0/s1. The van der Waals surface area contributed by atoms with Crippen LogP contribution in [0.25, 0.3) is 0 Å². The quantitative estimate of drug-likeness (QED) is 0.713. The summed E-state index contributed by atoms with van der Waals surface area (Å²) in [5.74, 6) is 0.246. The van der Waals surface area contributed by atoms with Crippen LogP contribution >= 0.6 is 11.3 Å². The van der Waals surface area contributed by atoms with Gasteiger partial charge in [-0.25, -0.2) is 4.98 Å². The van der Waals surface area contributed by atoms with Crippen molar-refractivity contribution in [3.05, 3.63) is 40.9 Å². The highest BCUT2D eigenvalue weighted by atomic mass is 32.1. The van der Waals surface area contributed by atoms with Crippen molar-refractivity contribution in [1.29, 1.82) is 0 Å². The number of esters is 1. The number of hydrogen-bond donors (Lipinski definition) is 1. The summed E-state index contributed by atoms with van der Waals surface area (Å²) in [6, 6.07) is 6.95. The monoisotopic (exact) mass is 388 g/mol. The molecule has 3 rings (SSSR count). The van der Waals surface area contributed by atoms with E-state index in [0.717, 1.165) is 18.6 Å². The Morgan fingerprint density at radius 3 is 2.78 bits per heavy atom. The fraction of sp³-hybridized carbons (Fsp3) is 0.450. The number of hydrogen-bond acceptors (Lipinski definition) is 6. The number of amides is 1. The Labute approximate surface area is 162 Å². The fourth-order valence-electron chi connectivity index (χ4n) is 3.24. The molecule has 1 aromatic carbocycles. The molecule has 6 nitrogen and oxygen atoms in total. The van der Waals surface area contributed by atoms with Crippen LogP contribution in [-0.2, 0) is 15.1 Å². The Kier molecular flexibility index (Phi) is 5.79. The van der Waals surface area contributed by atoms with Crippen molar-refractivity contribution >= 4 is 28.3 Å². The van der Waals surface area contributed by atoms with E-state index in [2.05, 4.69) is 17.2 Å². The van der Waals surface area contributed by atoms with Crippen LogP contribution < -0.4 is 10.1 Å². The molecule has 2 aromatic rings. The number of ether oxygens (including phenoxy) is 2. The average Bonchev–Trinajstić information content (AvgIpc) is 3.22. The van der Waals surface area contributed by atoms with Crippen LogP contribution in [0.4, 0.5) is 5.13 Å². The van der Waals surface area contributed by atoms with Crippen molar-refractivity contribution in [2.45, 2.75) is 45.6 Å². The van der Waals surface area contributed by atoms with Crippen LogP contribution in [0.2, 0.25) is 0 Å². The molecule has 144 valence electrons. The SMILES string of the molecule is CCC[C@H]1C[C@](C)(c2csc(NC(=O)c3ccc(OCC)cc3)n2)OC1=O. The summed E-state index contributed by atoms with van der Waals surface area (Å²) >= 11 is 1.33.